The Balaban J connectivity index is 1.71. The first-order chi connectivity index (χ1) is 12.5. The molecule has 6 heteroatoms. The highest BCUT2D eigenvalue weighted by Crippen LogP contribution is 2.33. The van der Waals surface area contributed by atoms with Gasteiger partial charge in [0.25, 0.3) is 5.91 Å². The van der Waals surface area contributed by atoms with Crippen LogP contribution in [0.25, 0.3) is 0 Å². The third-order valence-electron chi connectivity index (χ3n) is 4.90. The van der Waals surface area contributed by atoms with E-state index < -0.39 is 4.92 Å². The topological polar surface area (TPSA) is 72.7 Å². The maximum Gasteiger partial charge on any atom is 0.310 e. The first kappa shape index (κ1) is 17.9. The van der Waals surface area contributed by atoms with Crippen LogP contribution in [0.4, 0.5) is 5.69 Å². The van der Waals surface area contributed by atoms with Crippen LogP contribution in [0.2, 0.25) is 0 Å². The van der Waals surface area contributed by atoms with Crippen LogP contribution in [-0.2, 0) is 4.79 Å². The number of aryl methyl sites for hydroxylation is 2. The van der Waals surface area contributed by atoms with Crippen molar-refractivity contribution in [1.82, 2.24) is 4.90 Å². The highest BCUT2D eigenvalue weighted by Gasteiger charge is 2.30. The van der Waals surface area contributed by atoms with Crippen LogP contribution in [0.15, 0.2) is 42.5 Å². The summed E-state index contributed by atoms with van der Waals surface area (Å²) in [6.07, 6.45) is 1.86. The Labute approximate surface area is 152 Å². The molecule has 1 fully saturated rings. The fourth-order valence-corrected chi connectivity index (χ4v) is 3.34. The smallest absolute Gasteiger partial charge is 0.310 e. The molecule has 1 heterocycles. The zero-order valence-corrected chi connectivity index (χ0v) is 15.0. The van der Waals surface area contributed by atoms with Crippen molar-refractivity contribution < 1.29 is 14.5 Å². The van der Waals surface area contributed by atoms with E-state index in [0.29, 0.717) is 6.54 Å². The average molecular weight is 354 g/mol. The van der Waals surface area contributed by atoms with E-state index in [4.69, 9.17) is 4.74 Å². The predicted molar refractivity (Wildman–Crippen MR) is 98.2 cm³/mol. The van der Waals surface area contributed by atoms with Crippen molar-refractivity contribution in [3.8, 4) is 5.75 Å². The van der Waals surface area contributed by atoms with E-state index in [-0.39, 0.29) is 30.0 Å². The Hall–Kier alpha value is -2.89. The number of amides is 1. The number of nitrogens with zero attached hydrogens (tertiary/aromatic N) is 2. The number of nitro benzene ring substituents is 1. The van der Waals surface area contributed by atoms with Crippen molar-refractivity contribution in [3.05, 3.63) is 69.3 Å². The third-order valence-corrected chi connectivity index (χ3v) is 4.90. The Bertz CT molecular complexity index is 834. The molecular weight excluding hydrogens is 332 g/mol. The van der Waals surface area contributed by atoms with E-state index in [2.05, 4.69) is 32.0 Å². The number of likely N-dealkylation sites (tertiary alicyclic amines) is 1. The SMILES string of the molecule is Cc1ccc([C@@H]2CCCN2C(=O)COc2ccccc2[N+](=O)[O-])cc1C. The van der Waals surface area contributed by atoms with Crippen LogP contribution in [-0.4, -0.2) is 28.9 Å². The molecule has 0 N–H and O–H groups in total. The summed E-state index contributed by atoms with van der Waals surface area (Å²) in [7, 11) is 0. The van der Waals surface area contributed by atoms with Gasteiger partial charge in [0.2, 0.25) is 0 Å². The maximum absolute atomic E-state index is 12.7. The maximum atomic E-state index is 12.7. The summed E-state index contributed by atoms with van der Waals surface area (Å²) in [6, 6.07) is 12.4. The van der Waals surface area contributed by atoms with Gasteiger partial charge in [-0.1, -0.05) is 30.3 Å². The molecule has 1 amide bonds. The molecule has 2 aromatic carbocycles. The number of carbonyl (C=O) groups excluding carboxylic acids is 1. The lowest BCUT2D eigenvalue weighted by atomic mass is 9.99. The number of hydrogen-bond donors (Lipinski definition) is 0. The van der Waals surface area contributed by atoms with Gasteiger partial charge in [0.05, 0.1) is 11.0 Å². The molecular formula is C20H22N2O4. The second-order valence-electron chi connectivity index (χ2n) is 6.60. The minimum Gasteiger partial charge on any atom is -0.477 e. The minimum atomic E-state index is -0.506. The summed E-state index contributed by atoms with van der Waals surface area (Å²) in [4.78, 5) is 25.0. The molecule has 136 valence electrons. The molecule has 0 unspecified atom stereocenters. The van der Waals surface area contributed by atoms with Crippen molar-refractivity contribution in [3.63, 3.8) is 0 Å². The van der Waals surface area contributed by atoms with E-state index >= 15 is 0 Å². The van der Waals surface area contributed by atoms with Gasteiger partial charge in [0.15, 0.2) is 12.4 Å². The third kappa shape index (κ3) is 3.69. The highest BCUT2D eigenvalue weighted by atomic mass is 16.6. The summed E-state index contributed by atoms with van der Waals surface area (Å²) < 4.78 is 5.47. The van der Waals surface area contributed by atoms with Crippen molar-refractivity contribution in [2.45, 2.75) is 32.7 Å². The molecule has 0 radical (unpaired) electrons. The summed E-state index contributed by atoms with van der Waals surface area (Å²) in [5.41, 5.74) is 3.43. The quantitative estimate of drug-likeness (QED) is 0.602. The van der Waals surface area contributed by atoms with Gasteiger partial charge in [0.1, 0.15) is 0 Å². The molecule has 0 aliphatic carbocycles. The zero-order chi connectivity index (χ0) is 18.7. The number of hydrogen-bond acceptors (Lipinski definition) is 4. The van der Waals surface area contributed by atoms with E-state index in [1.54, 1.807) is 12.1 Å². The Morgan fingerprint density at radius 2 is 2.00 bits per heavy atom. The van der Waals surface area contributed by atoms with E-state index in [0.717, 1.165) is 18.4 Å². The van der Waals surface area contributed by atoms with Crippen molar-refractivity contribution in [2.75, 3.05) is 13.2 Å². The van der Waals surface area contributed by atoms with Crippen molar-refractivity contribution in [2.24, 2.45) is 0 Å². The van der Waals surface area contributed by atoms with E-state index in [1.165, 1.54) is 23.3 Å². The zero-order valence-electron chi connectivity index (χ0n) is 15.0. The molecule has 0 spiro atoms. The fourth-order valence-electron chi connectivity index (χ4n) is 3.34. The molecule has 26 heavy (non-hydrogen) atoms. The minimum absolute atomic E-state index is 0.0381. The van der Waals surface area contributed by atoms with E-state index in [9.17, 15) is 14.9 Å². The Morgan fingerprint density at radius 1 is 1.23 bits per heavy atom. The number of rotatable bonds is 5. The number of benzene rings is 2. The monoisotopic (exact) mass is 354 g/mol. The molecule has 1 aliphatic heterocycles. The van der Waals surface area contributed by atoms with Crippen LogP contribution < -0.4 is 4.74 Å². The molecule has 6 nitrogen and oxygen atoms in total. The number of carbonyl (C=O) groups is 1. The summed E-state index contributed by atoms with van der Waals surface area (Å²) in [6.45, 7) is 4.61. The molecule has 1 atom stereocenters. The lowest BCUT2D eigenvalue weighted by Gasteiger charge is -2.25. The Morgan fingerprint density at radius 3 is 2.73 bits per heavy atom. The Kier molecular flexibility index (Phi) is 5.21. The predicted octanol–water partition coefficient (Wildman–Crippen LogP) is 3.95. The lowest BCUT2D eigenvalue weighted by molar-refractivity contribution is -0.385. The van der Waals surface area contributed by atoms with Crippen LogP contribution in [0, 0.1) is 24.0 Å². The second kappa shape index (κ2) is 7.56. The largest absolute Gasteiger partial charge is 0.477 e. The molecule has 0 bridgehead atoms. The number of nitro groups is 1. The number of ether oxygens (including phenoxy) is 1. The van der Waals surface area contributed by atoms with Gasteiger partial charge in [0, 0.05) is 12.6 Å². The second-order valence-corrected chi connectivity index (χ2v) is 6.60. The van der Waals surface area contributed by atoms with Gasteiger partial charge >= 0.3 is 5.69 Å². The first-order valence-electron chi connectivity index (χ1n) is 8.70. The average Bonchev–Trinajstić information content (AvgIpc) is 3.12. The fraction of sp³-hybridized carbons (Fsp3) is 0.350. The van der Waals surface area contributed by atoms with E-state index in [1.807, 2.05) is 4.90 Å². The van der Waals surface area contributed by atoms with Crippen molar-refractivity contribution in [1.29, 1.82) is 0 Å². The molecule has 0 aromatic heterocycles. The van der Waals surface area contributed by atoms with Crippen LogP contribution >= 0.6 is 0 Å². The number of para-hydroxylation sites is 2. The summed E-state index contributed by atoms with van der Waals surface area (Å²) in [5, 5.41) is 11.0. The standard InChI is InChI=1S/C20H22N2O4/c1-14-9-10-16(12-15(14)2)17-7-5-11-21(17)20(23)13-26-19-8-4-3-6-18(19)22(24)25/h3-4,6,8-10,12,17H,5,7,11,13H2,1-2H3/t17-/m0/s1. The van der Waals surface area contributed by atoms with Crippen LogP contribution in [0.3, 0.4) is 0 Å². The van der Waals surface area contributed by atoms with Gasteiger partial charge in [-0.3, -0.25) is 14.9 Å². The van der Waals surface area contributed by atoms with Gasteiger partial charge in [-0.25, -0.2) is 0 Å². The van der Waals surface area contributed by atoms with Gasteiger partial charge < -0.3 is 9.64 Å². The molecule has 2 aromatic rings. The highest BCUT2D eigenvalue weighted by molar-refractivity contribution is 5.78. The van der Waals surface area contributed by atoms with Crippen LogP contribution in [0.5, 0.6) is 5.75 Å². The summed E-state index contributed by atoms with van der Waals surface area (Å²) >= 11 is 0. The summed E-state index contributed by atoms with van der Waals surface area (Å²) in [5.74, 6) is -0.0309. The molecule has 3 rings (SSSR count). The van der Waals surface area contributed by atoms with Crippen LogP contribution in [0.1, 0.15) is 35.6 Å². The van der Waals surface area contributed by atoms with Gasteiger partial charge in [-0.15, -0.1) is 0 Å². The van der Waals surface area contributed by atoms with Gasteiger partial charge in [-0.05, 0) is 49.4 Å². The lowest BCUT2D eigenvalue weighted by Crippen LogP contribution is -2.34. The van der Waals surface area contributed by atoms with Gasteiger partial charge in [-0.2, -0.15) is 0 Å². The first-order valence-corrected chi connectivity index (χ1v) is 8.70. The molecule has 1 saturated heterocycles. The van der Waals surface area contributed by atoms with Crippen molar-refractivity contribution >= 4 is 11.6 Å². The molecule has 0 saturated carbocycles. The normalized spacial score (nSPS) is 16.5. The molecule has 1 aliphatic rings.